The van der Waals surface area contributed by atoms with E-state index < -0.39 is 0 Å². The number of nitrogens with two attached hydrogens (primary N) is 1. The van der Waals surface area contributed by atoms with Gasteiger partial charge in [-0.25, -0.2) is 0 Å². The average Bonchev–Trinajstić information content (AvgIpc) is 2.47. The Balaban J connectivity index is 2.22. The Morgan fingerprint density at radius 1 is 1.37 bits per heavy atom. The number of fused-ring (bicyclic) bond motifs is 1. The van der Waals surface area contributed by atoms with E-state index in [1.165, 1.54) is 0 Å². The summed E-state index contributed by atoms with van der Waals surface area (Å²) in [6, 6.07) is 5.42. The van der Waals surface area contributed by atoms with Crippen LogP contribution in [-0.4, -0.2) is 43.7 Å². The maximum Gasteiger partial charge on any atom is 0.257 e. The first-order valence-electron chi connectivity index (χ1n) is 6.66. The third kappa shape index (κ3) is 2.98. The summed E-state index contributed by atoms with van der Waals surface area (Å²) in [7, 11) is 0. The number of para-hydroxylation sites is 1. The van der Waals surface area contributed by atoms with Crippen LogP contribution in [0.4, 0.5) is 0 Å². The molecule has 0 atom stereocenters. The van der Waals surface area contributed by atoms with Gasteiger partial charge in [0.2, 0.25) is 0 Å². The first kappa shape index (κ1) is 13.7. The lowest BCUT2D eigenvalue weighted by Gasteiger charge is -2.24. The summed E-state index contributed by atoms with van der Waals surface area (Å²) in [6.07, 6.45) is 0.798. The van der Waals surface area contributed by atoms with Gasteiger partial charge in [0.05, 0.1) is 5.56 Å². The van der Waals surface area contributed by atoms with E-state index in [1.54, 1.807) is 11.0 Å². The molecular formula is C14H20N2O3. The zero-order chi connectivity index (χ0) is 13.7. The molecule has 1 aliphatic rings. The van der Waals surface area contributed by atoms with E-state index in [9.17, 15) is 4.79 Å². The first-order chi connectivity index (χ1) is 9.27. The minimum atomic E-state index is -0.0294. The largest absolute Gasteiger partial charge is 0.486 e. The number of hydrogen-bond donors (Lipinski definition) is 1. The second-order valence-electron chi connectivity index (χ2n) is 4.36. The van der Waals surface area contributed by atoms with Crippen molar-refractivity contribution in [2.45, 2.75) is 13.3 Å². The van der Waals surface area contributed by atoms with Crippen molar-refractivity contribution >= 4 is 5.91 Å². The number of rotatable bonds is 5. The van der Waals surface area contributed by atoms with Crippen LogP contribution in [0.1, 0.15) is 23.7 Å². The molecule has 1 aromatic carbocycles. The molecule has 0 unspecified atom stereocenters. The van der Waals surface area contributed by atoms with Crippen molar-refractivity contribution in [3.8, 4) is 11.5 Å². The number of hydrogen-bond acceptors (Lipinski definition) is 4. The lowest BCUT2D eigenvalue weighted by molar-refractivity contribution is 0.0753. The predicted octanol–water partition coefficient (Wildman–Crippen LogP) is 1.27. The molecule has 104 valence electrons. The smallest absolute Gasteiger partial charge is 0.257 e. The lowest BCUT2D eigenvalue weighted by Crippen LogP contribution is -2.33. The molecule has 19 heavy (non-hydrogen) atoms. The molecule has 0 aliphatic carbocycles. The van der Waals surface area contributed by atoms with Crippen LogP contribution in [0.15, 0.2) is 18.2 Å². The minimum absolute atomic E-state index is 0.0294. The van der Waals surface area contributed by atoms with Gasteiger partial charge in [-0.05, 0) is 32.0 Å². The van der Waals surface area contributed by atoms with E-state index in [1.807, 2.05) is 19.1 Å². The average molecular weight is 264 g/mol. The molecule has 0 aromatic heterocycles. The van der Waals surface area contributed by atoms with Crippen molar-refractivity contribution in [3.05, 3.63) is 23.8 Å². The van der Waals surface area contributed by atoms with E-state index >= 15 is 0 Å². The van der Waals surface area contributed by atoms with Gasteiger partial charge in [0, 0.05) is 13.1 Å². The number of amides is 1. The monoisotopic (exact) mass is 264 g/mol. The van der Waals surface area contributed by atoms with Gasteiger partial charge in [0.1, 0.15) is 13.2 Å². The second-order valence-corrected chi connectivity index (χ2v) is 4.36. The van der Waals surface area contributed by atoms with Gasteiger partial charge in [-0.15, -0.1) is 0 Å². The van der Waals surface area contributed by atoms with Crippen LogP contribution >= 0.6 is 0 Å². The van der Waals surface area contributed by atoms with Crippen molar-refractivity contribution in [2.24, 2.45) is 5.73 Å². The molecule has 0 saturated heterocycles. The summed E-state index contributed by atoms with van der Waals surface area (Å²) < 4.78 is 11.1. The van der Waals surface area contributed by atoms with Gasteiger partial charge in [0.15, 0.2) is 11.5 Å². The number of ether oxygens (including phenoxy) is 2. The third-order valence-corrected chi connectivity index (χ3v) is 3.10. The first-order valence-corrected chi connectivity index (χ1v) is 6.66. The Morgan fingerprint density at radius 3 is 2.89 bits per heavy atom. The van der Waals surface area contributed by atoms with Crippen LogP contribution < -0.4 is 15.2 Å². The zero-order valence-electron chi connectivity index (χ0n) is 11.2. The summed E-state index contributed by atoms with van der Waals surface area (Å²) in [5, 5.41) is 0. The highest BCUT2D eigenvalue weighted by molar-refractivity contribution is 5.97. The lowest BCUT2D eigenvalue weighted by atomic mass is 10.1. The molecule has 0 fully saturated rings. The standard InChI is InChI=1S/C14H20N2O3/c1-2-16(8-4-7-15)14(17)11-5-3-6-12-13(11)19-10-9-18-12/h3,5-6H,2,4,7-10,15H2,1H3. The van der Waals surface area contributed by atoms with Crippen LogP contribution in [0, 0.1) is 0 Å². The van der Waals surface area contributed by atoms with E-state index in [-0.39, 0.29) is 5.91 Å². The Hall–Kier alpha value is -1.75. The summed E-state index contributed by atoms with van der Waals surface area (Å²) >= 11 is 0. The summed E-state index contributed by atoms with van der Waals surface area (Å²) in [5.41, 5.74) is 6.06. The molecule has 0 saturated carbocycles. The molecule has 5 nitrogen and oxygen atoms in total. The van der Waals surface area contributed by atoms with Crippen molar-refractivity contribution in [2.75, 3.05) is 32.8 Å². The molecule has 5 heteroatoms. The molecule has 2 N–H and O–H groups in total. The Labute approximate surface area is 113 Å². The quantitative estimate of drug-likeness (QED) is 0.869. The number of nitrogens with zero attached hydrogens (tertiary/aromatic N) is 1. The van der Waals surface area contributed by atoms with Crippen LogP contribution in [-0.2, 0) is 0 Å². The molecule has 0 spiro atoms. The van der Waals surface area contributed by atoms with Crippen LogP contribution in [0.5, 0.6) is 11.5 Å². The van der Waals surface area contributed by atoms with Crippen molar-refractivity contribution < 1.29 is 14.3 Å². The molecule has 1 aliphatic heterocycles. The van der Waals surface area contributed by atoms with Crippen LogP contribution in [0.25, 0.3) is 0 Å². The fraction of sp³-hybridized carbons (Fsp3) is 0.500. The van der Waals surface area contributed by atoms with Gasteiger partial charge in [-0.1, -0.05) is 6.07 Å². The Morgan fingerprint density at radius 2 is 2.16 bits per heavy atom. The number of carbonyl (C=O) groups is 1. The Kier molecular flexibility index (Phi) is 4.63. The van der Waals surface area contributed by atoms with E-state index in [0.717, 1.165) is 6.42 Å². The normalized spacial score (nSPS) is 13.2. The molecule has 2 rings (SSSR count). The van der Waals surface area contributed by atoms with Crippen molar-refractivity contribution in [1.29, 1.82) is 0 Å². The van der Waals surface area contributed by atoms with Gasteiger partial charge in [0.25, 0.3) is 5.91 Å². The molecule has 0 radical (unpaired) electrons. The summed E-state index contributed by atoms with van der Waals surface area (Å²) in [5.74, 6) is 1.18. The summed E-state index contributed by atoms with van der Waals surface area (Å²) in [6.45, 7) is 4.86. The number of carbonyl (C=O) groups excluding carboxylic acids is 1. The van der Waals surface area contributed by atoms with Crippen LogP contribution in [0.3, 0.4) is 0 Å². The van der Waals surface area contributed by atoms with Gasteiger partial charge in [-0.2, -0.15) is 0 Å². The fourth-order valence-corrected chi connectivity index (χ4v) is 2.10. The van der Waals surface area contributed by atoms with Crippen molar-refractivity contribution in [3.63, 3.8) is 0 Å². The zero-order valence-corrected chi connectivity index (χ0v) is 11.2. The topological polar surface area (TPSA) is 64.8 Å². The van der Waals surface area contributed by atoms with Crippen molar-refractivity contribution in [1.82, 2.24) is 4.90 Å². The molecular weight excluding hydrogens is 244 g/mol. The molecule has 1 aromatic rings. The molecule has 1 heterocycles. The number of benzene rings is 1. The van der Waals surface area contributed by atoms with E-state index in [4.69, 9.17) is 15.2 Å². The Bertz CT molecular complexity index is 448. The predicted molar refractivity (Wildman–Crippen MR) is 72.7 cm³/mol. The maximum absolute atomic E-state index is 12.5. The van der Waals surface area contributed by atoms with E-state index in [0.29, 0.717) is 49.9 Å². The minimum Gasteiger partial charge on any atom is -0.486 e. The molecule has 1 amide bonds. The molecule has 0 bridgehead atoms. The highest BCUT2D eigenvalue weighted by Crippen LogP contribution is 2.34. The fourth-order valence-electron chi connectivity index (χ4n) is 2.10. The van der Waals surface area contributed by atoms with Gasteiger partial charge in [-0.3, -0.25) is 4.79 Å². The van der Waals surface area contributed by atoms with Gasteiger partial charge >= 0.3 is 0 Å². The maximum atomic E-state index is 12.5. The summed E-state index contributed by atoms with van der Waals surface area (Å²) in [4.78, 5) is 14.3. The highest BCUT2D eigenvalue weighted by atomic mass is 16.6. The van der Waals surface area contributed by atoms with Crippen LogP contribution in [0.2, 0.25) is 0 Å². The van der Waals surface area contributed by atoms with Gasteiger partial charge < -0.3 is 20.1 Å². The third-order valence-electron chi connectivity index (χ3n) is 3.10. The second kappa shape index (κ2) is 6.43. The van der Waals surface area contributed by atoms with E-state index in [2.05, 4.69) is 0 Å². The SMILES string of the molecule is CCN(CCCN)C(=O)c1cccc2c1OCCO2. The highest BCUT2D eigenvalue weighted by Gasteiger charge is 2.23.